The van der Waals surface area contributed by atoms with E-state index < -0.39 is 5.56 Å². The number of nitrogens with zero attached hydrogens (tertiary/aromatic N) is 1. The second kappa shape index (κ2) is 7.78. The standard InChI is InChI=1S/C16H17N3O4S/c1-3-12-14(22)18-16(19-15(12)23)24-8-13(21)17-11-6-4-10(5-7-11)9(2)20/h4-7H,3,8H2,1-2H3,(H,17,21)(H2,18,19,22,23). The van der Waals surface area contributed by atoms with Crippen molar-refractivity contribution in [3.63, 3.8) is 0 Å². The largest absolute Gasteiger partial charge is 0.493 e. The Morgan fingerprint density at radius 3 is 2.50 bits per heavy atom. The molecular formula is C16H17N3O4S. The summed E-state index contributed by atoms with van der Waals surface area (Å²) in [4.78, 5) is 41.2. The minimum absolute atomic E-state index is 0.0162. The van der Waals surface area contributed by atoms with Crippen LogP contribution < -0.4 is 10.9 Å². The molecule has 0 radical (unpaired) electrons. The zero-order valence-corrected chi connectivity index (χ0v) is 14.1. The minimum Gasteiger partial charge on any atom is -0.493 e. The van der Waals surface area contributed by atoms with E-state index in [1.807, 2.05) is 0 Å². The summed E-state index contributed by atoms with van der Waals surface area (Å²) in [5.41, 5.74) is 0.939. The fourth-order valence-corrected chi connectivity index (χ4v) is 2.63. The van der Waals surface area contributed by atoms with Crippen molar-refractivity contribution in [3.8, 4) is 5.88 Å². The Hall–Kier alpha value is -2.61. The maximum absolute atomic E-state index is 11.9. The van der Waals surface area contributed by atoms with E-state index in [1.54, 1.807) is 31.2 Å². The molecule has 3 N–H and O–H groups in total. The Morgan fingerprint density at radius 1 is 1.29 bits per heavy atom. The molecule has 0 atom stereocenters. The number of carbonyl (C=O) groups is 2. The molecule has 0 aliphatic heterocycles. The molecule has 0 aliphatic carbocycles. The van der Waals surface area contributed by atoms with Crippen LogP contribution in [-0.4, -0.2) is 32.5 Å². The Morgan fingerprint density at radius 2 is 1.96 bits per heavy atom. The Kier molecular flexibility index (Phi) is 5.75. The van der Waals surface area contributed by atoms with Crippen LogP contribution in [0.2, 0.25) is 0 Å². The molecule has 0 unspecified atom stereocenters. The van der Waals surface area contributed by atoms with Crippen molar-refractivity contribution >= 4 is 29.1 Å². The Bertz CT molecular complexity index is 815. The highest BCUT2D eigenvalue weighted by molar-refractivity contribution is 7.99. The highest BCUT2D eigenvalue weighted by Gasteiger charge is 2.11. The first-order chi connectivity index (χ1) is 11.4. The van der Waals surface area contributed by atoms with Crippen molar-refractivity contribution in [3.05, 3.63) is 45.7 Å². The summed E-state index contributed by atoms with van der Waals surface area (Å²) in [5.74, 6) is -0.641. The van der Waals surface area contributed by atoms with Crippen molar-refractivity contribution in [1.82, 2.24) is 9.97 Å². The number of aromatic nitrogens is 2. The van der Waals surface area contributed by atoms with Gasteiger partial charge in [0.05, 0.1) is 11.3 Å². The van der Waals surface area contributed by atoms with Gasteiger partial charge in [-0.15, -0.1) is 0 Å². The molecule has 24 heavy (non-hydrogen) atoms. The molecule has 2 aromatic rings. The number of H-pyrrole nitrogens is 1. The summed E-state index contributed by atoms with van der Waals surface area (Å²) in [6.45, 7) is 3.21. The van der Waals surface area contributed by atoms with E-state index in [2.05, 4.69) is 15.3 Å². The molecule has 0 fully saturated rings. The van der Waals surface area contributed by atoms with Crippen molar-refractivity contribution in [2.24, 2.45) is 0 Å². The SMILES string of the molecule is CCc1c(O)nc(SCC(=O)Nc2ccc(C(C)=O)cc2)[nH]c1=O. The summed E-state index contributed by atoms with van der Waals surface area (Å²) >= 11 is 1.01. The number of hydrogen-bond donors (Lipinski definition) is 3. The predicted octanol–water partition coefficient (Wildman–Crippen LogP) is 1.97. The number of aromatic amines is 1. The summed E-state index contributed by atoms with van der Waals surface area (Å²) in [5, 5.41) is 12.5. The smallest absolute Gasteiger partial charge is 0.258 e. The number of Topliss-reactive ketones (excluding diaryl/α,β-unsaturated/α-hetero) is 1. The first-order valence-electron chi connectivity index (χ1n) is 7.26. The monoisotopic (exact) mass is 347 g/mol. The zero-order chi connectivity index (χ0) is 17.7. The summed E-state index contributed by atoms with van der Waals surface area (Å²) in [7, 11) is 0. The number of thioether (sulfide) groups is 1. The molecule has 7 nitrogen and oxygen atoms in total. The maximum atomic E-state index is 11.9. The summed E-state index contributed by atoms with van der Waals surface area (Å²) < 4.78 is 0. The van der Waals surface area contributed by atoms with Gasteiger partial charge in [0.25, 0.3) is 5.56 Å². The molecule has 126 valence electrons. The lowest BCUT2D eigenvalue weighted by Gasteiger charge is -2.06. The molecule has 0 aliphatic rings. The van der Waals surface area contributed by atoms with E-state index in [9.17, 15) is 19.5 Å². The minimum atomic E-state index is -0.410. The number of hydrogen-bond acceptors (Lipinski definition) is 6. The molecule has 0 saturated heterocycles. The normalized spacial score (nSPS) is 10.4. The van der Waals surface area contributed by atoms with Crippen LogP contribution in [-0.2, 0) is 11.2 Å². The van der Waals surface area contributed by atoms with Crippen molar-refractivity contribution in [2.75, 3.05) is 11.1 Å². The number of amides is 1. The first-order valence-corrected chi connectivity index (χ1v) is 8.25. The van der Waals surface area contributed by atoms with Crippen molar-refractivity contribution < 1.29 is 14.7 Å². The number of nitrogens with one attached hydrogen (secondary N) is 2. The van der Waals surface area contributed by atoms with Gasteiger partial charge in [-0.2, -0.15) is 4.98 Å². The average Bonchev–Trinajstić information content (AvgIpc) is 2.53. The van der Waals surface area contributed by atoms with Crippen LogP contribution in [0.1, 0.15) is 29.8 Å². The lowest BCUT2D eigenvalue weighted by Crippen LogP contribution is -2.17. The molecule has 0 bridgehead atoms. The predicted molar refractivity (Wildman–Crippen MR) is 91.7 cm³/mol. The summed E-state index contributed by atoms with van der Waals surface area (Å²) in [6, 6.07) is 6.54. The molecule has 1 heterocycles. The quantitative estimate of drug-likeness (QED) is 0.418. The van der Waals surface area contributed by atoms with Crippen LogP contribution in [0.15, 0.2) is 34.2 Å². The van der Waals surface area contributed by atoms with Crippen LogP contribution in [0.4, 0.5) is 5.69 Å². The molecule has 8 heteroatoms. The van der Waals surface area contributed by atoms with Gasteiger partial charge in [-0.1, -0.05) is 18.7 Å². The lowest BCUT2D eigenvalue weighted by atomic mass is 10.1. The zero-order valence-electron chi connectivity index (χ0n) is 13.3. The van der Waals surface area contributed by atoms with Crippen LogP contribution in [0, 0.1) is 0 Å². The lowest BCUT2D eigenvalue weighted by molar-refractivity contribution is -0.113. The number of rotatable bonds is 6. The van der Waals surface area contributed by atoms with Crippen LogP contribution >= 0.6 is 11.8 Å². The van der Waals surface area contributed by atoms with Gasteiger partial charge >= 0.3 is 0 Å². The second-order valence-corrected chi connectivity index (χ2v) is 5.96. The Balaban J connectivity index is 1.96. The van der Waals surface area contributed by atoms with Gasteiger partial charge in [-0.3, -0.25) is 14.4 Å². The van der Waals surface area contributed by atoms with E-state index in [1.165, 1.54) is 6.92 Å². The molecular weight excluding hydrogens is 330 g/mol. The molecule has 0 spiro atoms. The molecule has 2 rings (SSSR count). The molecule has 1 aromatic carbocycles. The molecule has 1 aromatic heterocycles. The van der Waals surface area contributed by atoms with E-state index in [4.69, 9.17) is 0 Å². The fourth-order valence-electron chi connectivity index (χ4n) is 1.97. The third kappa shape index (κ3) is 4.45. The van der Waals surface area contributed by atoms with Crippen molar-refractivity contribution in [2.45, 2.75) is 25.4 Å². The van der Waals surface area contributed by atoms with Crippen LogP contribution in [0.3, 0.4) is 0 Å². The number of benzene rings is 1. The maximum Gasteiger partial charge on any atom is 0.258 e. The van der Waals surface area contributed by atoms with E-state index in [0.717, 1.165) is 11.8 Å². The van der Waals surface area contributed by atoms with E-state index >= 15 is 0 Å². The molecule has 1 amide bonds. The fraction of sp³-hybridized carbons (Fsp3) is 0.250. The highest BCUT2D eigenvalue weighted by atomic mass is 32.2. The average molecular weight is 347 g/mol. The summed E-state index contributed by atoms with van der Waals surface area (Å²) in [6.07, 6.45) is 0.371. The number of anilines is 1. The van der Waals surface area contributed by atoms with Gasteiger partial charge in [0.2, 0.25) is 11.8 Å². The van der Waals surface area contributed by atoms with Gasteiger partial charge in [-0.05, 0) is 37.6 Å². The third-order valence-corrected chi connectivity index (χ3v) is 4.11. The number of carbonyl (C=O) groups excluding carboxylic acids is 2. The van der Waals surface area contributed by atoms with Gasteiger partial charge in [0.1, 0.15) is 0 Å². The number of aromatic hydroxyl groups is 1. The topological polar surface area (TPSA) is 112 Å². The van der Waals surface area contributed by atoms with Gasteiger partial charge in [0.15, 0.2) is 10.9 Å². The van der Waals surface area contributed by atoms with Gasteiger partial charge < -0.3 is 15.4 Å². The van der Waals surface area contributed by atoms with E-state index in [-0.39, 0.29) is 34.0 Å². The van der Waals surface area contributed by atoms with Gasteiger partial charge in [-0.25, -0.2) is 0 Å². The van der Waals surface area contributed by atoms with Gasteiger partial charge in [0, 0.05) is 11.3 Å². The third-order valence-electron chi connectivity index (χ3n) is 3.24. The van der Waals surface area contributed by atoms with Crippen molar-refractivity contribution in [1.29, 1.82) is 0 Å². The first kappa shape index (κ1) is 17.7. The van der Waals surface area contributed by atoms with Crippen LogP contribution in [0.5, 0.6) is 5.88 Å². The Labute approximate surface area is 142 Å². The van der Waals surface area contributed by atoms with E-state index in [0.29, 0.717) is 17.7 Å². The molecule has 0 saturated carbocycles. The highest BCUT2D eigenvalue weighted by Crippen LogP contribution is 2.17. The van der Waals surface area contributed by atoms with Crippen LogP contribution in [0.25, 0.3) is 0 Å². The number of ketones is 1. The second-order valence-electron chi connectivity index (χ2n) is 5.00.